The Morgan fingerprint density at radius 3 is 2.19 bits per heavy atom. The van der Waals surface area contributed by atoms with Gasteiger partial charge in [-0.3, -0.25) is 14.5 Å². The Kier molecular flexibility index (Phi) is 7.59. The van der Waals surface area contributed by atoms with Crippen LogP contribution in [0.5, 0.6) is 23.0 Å². The van der Waals surface area contributed by atoms with Crippen molar-refractivity contribution >= 4 is 34.7 Å². The van der Waals surface area contributed by atoms with Crippen molar-refractivity contribution in [3.8, 4) is 23.0 Å². The summed E-state index contributed by atoms with van der Waals surface area (Å²) in [4.78, 5) is 28.2. The van der Waals surface area contributed by atoms with Gasteiger partial charge in [-0.1, -0.05) is 17.7 Å². The molecule has 1 N–H and O–H groups in total. The lowest BCUT2D eigenvalue weighted by Gasteiger charge is -2.26. The molecule has 1 amide bonds. The molecule has 1 aliphatic rings. The standard InChI is InChI=1S/C28H26ClNO7/c1-5-37-23-14-16(6-13-22(23)36-4)25-24(26(31)20-15-19(35-3)11-12-21(20)29)27(32)28(33)30(25)17-7-9-18(34-2)10-8-17/h6-15,25,31H,5H2,1-4H3/b26-24+. The van der Waals surface area contributed by atoms with Gasteiger partial charge in [-0.25, -0.2) is 0 Å². The number of benzene rings is 3. The molecule has 1 aliphatic heterocycles. The first kappa shape index (κ1) is 25.9. The van der Waals surface area contributed by atoms with Crippen LogP contribution in [-0.2, 0) is 9.59 Å². The van der Waals surface area contributed by atoms with Crippen molar-refractivity contribution in [2.24, 2.45) is 0 Å². The fraction of sp³-hybridized carbons (Fsp3) is 0.214. The lowest BCUT2D eigenvalue weighted by atomic mass is 9.94. The summed E-state index contributed by atoms with van der Waals surface area (Å²) < 4.78 is 21.6. The minimum absolute atomic E-state index is 0.122. The molecule has 1 heterocycles. The van der Waals surface area contributed by atoms with Gasteiger partial charge in [-0.05, 0) is 67.1 Å². The second-order valence-corrected chi connectivity index (χ2v) is 8.46. The van der Waals surface area contributed by atoms with Crippen LogP contribution in [0.1, 0.15) is 24.1 Å². The third-order valence-corrected chi connectivity index (χ3v) is 6.36. The highest BCUT2D eigenvalue weighted by atomic mass is 35.5. The maximum absolute atomic E-state index is 13.4. The Bertz CT molecular complexity index is 1370. The van der Waals surface area contributed by atoms with E-state index in [-0.39, 0.29) is 16.2 Å². The molecule has 0 saturated carbocycles. The Labute approximate surface area is 219 Å². The molecule has 192 valence electrons. The van der Waals surface area contributed by atoms with Crippen molar-refractivity contribution in [1.29, 1.82) is 0 Å². The summed E-state index contributed by atoms with van der Waals surface area (Å²) in [6, 6.07) is 15.5. The van der Waals surface area contributed by atoms with Crippen LogP contribution in [0.15, 0.2) is 66.2 Å². The van der Waals surface area contributed by atoms with E-state index in [1.807, 2.05) is 6.92 Å². The van der Waals surface area contributed by atoms with E-state index in [0.717, 1.165) is 0 Å². The van der Waals surface area contributed by atoms with Gasteiger partial charge < -0.3 is 24.1 Å². The molecule has 3 aromatic rings. The van der Waals surface area contributed by atoms with Gasteiger partial charge in [-0.2, -0.15) is 0 Å². The van der Waals surface area contributed by atoms with Crippen LogP contribution in [0, 0.1) is 0 Å². The Morgan fingerprint density at radius 2 is 1.57 bits per heavy atom. The monoisotopic (exact) mass is 523 g/mol. The van der Waals surface area contributed by atoms with E-state index in [1.54, 1.807) is 54.6 Å². The zero-order valence-corrected chi connectivity index (χ0v) is 21.5. The van der Waals surface area contributed by atoms with Gasteiger partial charge >= 0.3 is 0 Å². The number of rotatable bonds is 8. The number of ketones is 1. The van der Waals surface area contributed by atoms with E-state index in [2.05, 4.69) is 0 Å². The average Bonchev–Trinajstić information content (AvgIpc) is 3.18. The summed E-state index contributed by atoms with van der Waals surface area (Å²) in [5.74, 6) is -0.143. The predicted octanol–water partition coefficient (Wildman–Crippen LogP) is 5.39. The molecule has 1 fully saturated rings. The van der Waals surface area contributed by atoms with Gasteiger partial charge in [-0.15, -0.1) is 0 Å². The van der Waals surface area contributed by atoms with Crippen LogP contribution < -0.4 is 23.8 Å². The Balaban J connectivity index is 1.98. The molecule has 0 radical (unpaired) electrons. The highest BCUT2D eigenvalue weighted by Gasteiger charge is 2.47. The number of ether oxygens (including phenoxy) is 4. The fourth-order valence-corrected chi connectivity index (χ4v) is 4.45. The largest absolute Gasteiger partial charge is 0.507 e. The quantitative estimate of drug-likeness (QED) is 0.240. The van der Waals surface area contributed by atoms with E-state index >= 15 is 0 Å². The number of aliphatic hydroxyl groups is 1. The lowest BCUT2D eigenvalue weighted by Crippen LogP contribution is -2.29. The smallest absolute Gasteiger partial charge is 0.300 e. The number of aliphatic hydroxyl groups excluding tert-OH is 1. The molecule has 8 nitrogen and oxygen atoms in total. The van der Waals surface area contributed by atoms with Crippen LogP contribution in [0.4, 0.5) is 5.69 Å². The van der Waals surface area contributed by atoms with E-state index in [0.29, 0.717) is 40.9 Å². The first-order chi connectivity index (χ1) is 17.8. The molecule has 9 heteroatoms. The molecular weight excluding hydrogens is 498 g/mol. The van der Waals surface area contributed by atoms with Crippen molar-refractivity contribution in [2.75, 3.05) is 32.8 Å². The molecule has 0 aliphatic carbocycles. The van der Waals surface area contributed by atoms with Gasteiger partial charge in [0.1, 0.15) is 17.3 Å². The maximum atomic E-state index is 13.4. The number of Topliss-reactive ketones (excluding diaryl/α,β-unsaturated/α-hetero) is 1. The second-order valence-electron chi connectivity index (χ2n) is 8.06. The highest BCUT2D eigenvalue weighted by Crippen LogP contribution is 2.45. The number of carbonyl (C=O) groups excluding carboxylic acids is 2. The number of hydrogen-bond donors (Lipinski definition) is 1. The Hall–Kier alpha value is -4.17. The number of carbonyl (C=O) groups is 2. The first-order valence-electron chi connectivity index (χ1n) is 11.4. The third-order valence-electron chi connectivity index (χ3n) is 6.03. The third kappa shape index (κ3) is 4.80. The average molecular weight is 524 g/mol. The minimum atomic E-state index is -0.985. The van der Waals surface area contributed by atoms with Gasteiger partial charge in [0.15, 0.2) is 11.5 Å². The molecule has 0 spiro atoms. The van der Waals surface area contributed by atoms with Gasteiger partial charge in [0.25, 0.3) is 11.7 Å². The van der Waals surface area contributed by atoms with Crippen molar-refractivity contribution in [1.82, 2.24) is 0 Å². The van der Waals surface area contributed by atoms with Crippen LogP contribution in [0.3, 0.4) is 0 Å². The fourth-order valence-electron chi connectivity index (χ4n) is 4.25. The summed E-state index contributed by atoms with van der Waals surface area (Å²) in [6.45, 7) is 2.21. The van der Waals surface area contributed by atoms with E-state index in [1.165, 1.54) is 32.3 Å². The molecule has 0 bridgehead atoms. The van der Waals surface area contributed by atoms with Gasteiger partial charge in [0.2, 0.25) is 0 Å². The first-order valence-corrected chi connectivity index (χ1v) is 11.8. The number of nitrogens with zero attached hydrogens (tertiary/aromatic N) is 1. The van der Waals surface area contributed by atoms with Crippen molar-refractivity contribution < 1.29 is 33.6 Å². The van der Waals surface area contributed by atoms with Crippen LogP contribution >= 0.6 is 11.6 Å². The van der Waals surface area contributed by atoms with Crippen molar-refractivity contribution in [3.63, 3.8) is 0 Å². The van der Waals surface area contributed by atoms with E-state index < -0.39 is 23.5 Å². The number of hydrogen-bond acceptors (Lipinski definition) is 7. The molecule has 1 unspecified atom stereocenters. The zero-order valence-electron chi connectivity index (χ0n) is 20.8. The number of halogens is 1. The molecular formula is C28H26ClNO7. The zero-order chi connectivity index (χ0) is 26.7. The Morgan fingerprint density at radius 1 is 0.892 bits per heavy atom. The van der Waals surface area contributed by atoms with E-state index in [9.17, 15) is 14.7 Å². The molecule has 4 rings (SSSR count). The normalized spacial score (nSPS) is 16.6. The number of amides is 1. The second kappa shape index (κ2) is 10.8. The number of anilines is 1. The summed E-state index contributed by atoms with van der Waals surface area (Å²) in [7, 11) is 4.53. The maximum Gasteiger partial charge on any atom is 0.300 e. The van der Waals surface area contributed by atoms with E-state index in [4.69, 9.17) is 30.5 Å². The molecule has 1 atom stereocenters. The molecule has 0 aromatic heterocycles. The SMILES string of the molecule is CCOc1cc(C2/C(=C(\O)c3cc(OC)ccc3Cl)C(=O)C(=O)N2c2ccc(OC)cc2)ccc1OC. The van der Waals surface area contributed by atoms with Crippen LogP contribution in [0.2, 0.25) is 5.02 Å². The molecule has 37 heavy (non-hydrogen) atoms. The minimum Gasteiger partial charge on any atom is -0.507 e. The summed E-state index contributed by atoms with van der Waals surface area (Å²) in [6.07, 6.45) is 0. The summed E-state index contributed by atoms with van der Waals surface area (Å²) in [5.41, 5.74) is 1.01. The topological polar surface area (TPSA) is 94.5 Å². The molecule has 1 saturated heterocycles. The number of methoxy groups -OCH3 is 3. The van der Waals surface area contributed by atoms with Crippen molar-refractivity contribution in [3.05, 3.63) is 82.4 Å². The molecule has 3 aromatic carbocycles. The highest BCUT2D eigenvalue weighted by molar-refractivity contribution is 6.52. The lowest BCUT2D eigenvalue weighted by molar-refractivity contribution is -0.132. The van der Waals surface area contributed by atoms with Crippen molar-refractivity contribution in [2.45, 2.75) is 13.0 Å². The predicted molar refractivity (Wildman–Crippen MR) is 140 cm³/mol. The van der Waals surface area contributed by atoms with Crippen LogP contribution in [0.25, 0.3) is 5.76 Å². The van der Waals surface area contributed by atoms with Gasteiger partial charge in [0, 0.05) is 11.3 Å². The summed E-state index contributed by atoms with van der Waals surface area (Å²) >= 11 is 6.39. The van der Waals surface area contributed by atoms with Gasteiger partial charge in [0.05, 0.1) is 44.6 Å². The summed E-state index contributed by atoms with van der Waals surface area (Å²) in [5, 5.41) is 11.6. The van der Waals surface area contributed by atoms with Crippen LogP contribution in [-0.4, -0.2) is 44.7 Å².